The SMILES string of the molecule is C[Si@H](OC(C#N)/C=C/c1ccccc1)C(C)(C)C. The van der Waals surface area contributed by atoms with Crippen molar-refractivity contribution < 1.29 is 4.43 Å². The van der Waals surface area contributed by atoms with Crippen molar-refractivity contribution in [3.8, 4) is 6.07 Å². The van der Waals surface area contributed by atoms with E-state index in [1.54, 1.807) is 0 Å². The Kier molecular flexibility index (Phi) is 5.33. The van der Waals surface area contributed by atoms with Crippen LogP contribution in [-0.2, 0) is 4.43 Å². The zero-order valence-corrected chi connectivity index (χ0v) is 12.7. The van der Waals surface area contributed by atoms with E-state index in [9.17, 15) is 0 Å². The minimum Gasteiger partial charge on any atom is -0.401 e. The average Bonchev–Trinajstić information content (AvgIpc) is 2.34. The minimum absolute atomic E-state index is 0.176. The number of nitriles is 1. The summed E-state index contributed by atoms with van der Waals surface area (Å²) in [5.74, 6) is 0. The van der Waals surface area contributed by atoms with Gasteiger partial charge in [0.2, 0.25) is 0 Å². The lowest BCUT2D eigenvalue weighted by atomic mass is 10.2. The Labute approximate surface area is 112 Å². The molecule has 0 aromatic heterocycles. The first-order chi connectivity index (χ1) is 8.43. The van der Waals surface area contributed by atoms with Crippen molar-refractivity contribution >= 4 is 15.1 Å². The number of nitrogens with zero attached hydrogens (tertiary/aromatic N) is 1. The third-order valence-corrected chi connectivity index (χ3v) is 6.10. The van der Waals surface area contributed by atoms with Crippen molar-refractivity contribution in [2.45, 2.75) is 38.5 Å². The Bertz CT molecular complexity index is 428. The second-order valence-corrected chi connectivity index (χ2v) is 8.75. The second-order valence-electron chi connectivity index (χ2n) is 5.46. The van der Waals surface area contributed by atoms with Gasteiger partial charge in [-0.3, -0.25) is 0 Å². The van der Waals surface area contributed by atoms with E-state index in [1.807, 2.05) is 42.5 Å². The summed E-state index contributed by atoms with van der Waals surface area (Å²) in [5, 5.41) is 9.29. The number of hydrogen-bond acceptors (Lipinski definition) is 2. The lowest BCUT2D eigenvalue weighted by molar-refractivity contribution is 0.291. The van der Waals surface area contributed by atoms with E-state index in [0.29, 0.717) is 0 Å². The van der Waals surface area contributed by atoms with Crippen LogP contribution in [0.4, 0.5) is 0 Å². The molecule has 96 valence electrons. The Morgan fingerprint density at radius 1 is 1.28 bits per heavy atom. The molecule has 0 spiro atoms. The quantitative estimate of drug-likeness (QED) is 0.771. The molecule has 2 nitrogen and oxygen atoms in total. The summed E-state index contributed by atoms with van der Waals surface area (Å²) in [6.45, 7) is 8.64. The van der Waals surface area contributed by atoms with Crippen LogP contribution >= 0.6 is 0 Å². The summed E-state index contributed by atoms with van der Waals surface area (Å²) >= 11 is 0. The van der Waals surface area contributed by atoms with Crippen molar-refractivity contribution in [3.05, 3.63) is 42.0 Å². The maximum atomic E-state index is 9.11. The highest BCUT2D eigenvalue weighted by atomic mass is 28.3. The van der Waals surface area contributed by atoms with Gasteiger partial charge in [-0.15, -0.1) is 0 Å². The second kappa shape index (κ2) is 6.53. The van der Waals surface area contributed by atoms with E-state index in [2.05, 4.69) is 33.4 Å². The number of hydrogen-bond donors (Lipinski definition) is 0. The lowest BCUT2D eigenvalue weighted by Gasteiger charge is -2.26. The van der Waals surface area contributed by atoms with E-state index in [-0.39, 0.29) is 5.04 Å². The Hall–Kier alpha value is -1.37. The van der Waals surface area contributed by atoms with Crippen LogP contribution in [0.15, 0.2) is 36.4 Å². The average molecular weight is 259 g/mol. The standard InChI is InChI=1S/C15H21NOSi/c1-15(2,3)18(4)17-14(12-16)11-10-13-8-6-5-7-9-13/h5-11,14,18H,1-4H3/b11-10+/t14?,18-/m0/s1. The first kappa shape index (κ1) is 14.7. The molecule has 18 heavy (non-hydrogen) atoms. The molecule has 0 bridgehead atoms. The summed E-state index contributed by atoms with van der Waals surface area (Å²) in [6.07, 6.45) is 3.34. The lowest BCUT2D eigenvalue weighted by Crippen LogP contribution is -2.29. The molecule has 0 saturated heterocycles. The van der Waals surface area contributed by atoms with Crippen molar-refractivity contribution in [1.82, 2.24) is 0 Å². The Balaban J connectivity index is 2.64. The summed E-state index contributed by atoms with van der Waals surface area (Å²) in [6, 6.07) is 12.2. The molecule has 0 aliphatic carbocycles. The van der Waals surface area contributed by atoms with E-state index in [4.69, 9.17) is 9.69 Å². The van der Waals surface area contributed by atoms with E-state index < -0.39 is 15.1 Å². The van der Waals surface area contributed by atoms with Crippen molar-refractivity contribution in [2.24, 2.45) is 0 Å². The number of rotatable bonds is 4. The van der Waals surface area contributed by atoms with Crippen LogP contribution < -0.4 is 0 Å². The zero-order valence-electron chi connectivity index (χ0n) is 11.6. The highest BCUT2D eigenvalue weighted by Gasteiger charge is 2.25. The van der Waals surface area contributed by atoms with Gasteiger partial charge in [-0.05, 0) is 23.2 Å². The number of benzene rings is 1. The van der Waals surface area contributed by atoms with Crippen molar-refractivity contribution in [1.29, 1.82) is 5.26 Å². The molecule has 0 aliphatic rings. The van der Waals surface area contributed by atoms with Crippen LogP contribution in [-0.4, -0.2) is 15.1 Å². The monoisotopic (exact) mass is 259 g/mol. The summed E-state index contributed by atoms with van der Waals surface area (Å²) in [7, 11) is -1.37. The van der Waals surface area contributed by atoms with Gasteiger partial charge in [-0.2, -0.15) is 5.26 Å². The van der Waals surface area contributed by atoms with E-state index >= 15 is 0 Å². The molecule has 0 amide bonds. The first-order valence-corrected chi connectivity index (χ1v) is 8.42. The van der Waals surface area contributed by atoms with Crippen molar-refractivity contribution in [2.75, 3.05) is 0 Å². The highest BCUT2D eigenvalue weighted by molar-refractivity contribution is 6.53. The predicted molar refractivity (Wildman–Crippen MR) is 78.7 cm³/mol. The maximum absolute atomic E-state index is 9.11. The zero-order chi connectivity index (χ0) is 13.6. The molecule has 0 aliphatic heterocycles. The molecular weight excluding hydrogens is 238 g/mol. The molecule has 0 heterocycles. The topological polar surface area (TPSA) is 33.0 Å². The van der Waals surface area contributed by atoms with Gasteiger partial charge >= 0.3 is 0 Å². The van der Waals surface area contributed by atoms with E-state index in [1.165, 1.54) is 0 Å². The van der Waals surface area contributed by atoms with Crippen LogP contribution in [0.2, 0.25) is 11.6 Å². The van der Waals surface area contributed by atoms with Crippen LogP contribution in [0.3, 0.4) is 0 Å². The van der Waals surface area contributed by atoms with E-state index in [0.717, 1.165) is 5.56 Å². The molecule has 3 heteroatoms. The molecule has 1 rings (SSSR count). The third-order valence-electron chi connectivity index (χ3n) is 2.96. The fourth-order valence-corrected chi connectivity index (χ4v) is 2.31. The molecule has 2 atom stereocenters. The Morgan fingerprint density at radius 2 is 1.89 bits per heavy atom. The molecule has 1 aromatic rings. The van der Waals surface area contributed by atoms with Gasteiger partial charge in [-0.1, -0.05) is 57.2 Å². The van der Waals surface area contributed by atoms with Gasteiger partial charge < -0.3 is 4.43 Å². The molecule has 0 fully saturated rings. The first-order valence-electron chi connectivity index (χ1n) is 6.22. The summed E-state index contributed by atoms with van der Waals surface area (Å²) in [5.41, 5.74) is 1.09. The van der Waals surface area contributed by atoms with Gasteiger partial charge in [0.25, 0.3) is 0 Å². The van der Waals surface area contributed by atoms with Gasteiger partial charge in [0.05, 0.1) is 6.07 Å². The fourth-order valence-electron chi connectivity index (χ4n) is 1.31. The predicted octanol–water partition coefficient (Wildman–Crippen LogP) is 3.76. The summed E-state index contributed by atoms with van der Waals surface area (Å²) in [4.78, 5) is 0. The highest BCUT2D eigenvalue weighted by Crippen LogP contribution is 2.28. The largest absolute Gasteiger partial charge is 0.401 e. The van der Waals surface area contributed by atoms with Crippen LogP contribution in [0.1, 0.15) is 26.3 Å². The van der Waals surface area contributed by atoms with Crippen LogP contribution in [0.25, 0.3) is 6.08 Å². The smallest absolute Gasteiger partial charge is 0.181 e. The molecule has 1 aromatic carbocycles. The Morgan fingerprint density at radius 3 is 2.39 bits per heavy atom. The molecule has 0 radical (unpaired) electrons. The van der Waals surface area contributed by atoms with Gasteiger partial charge in [0.15, 0.2) is 15.1 Å². The summed E-state index contributed by atoms with van der Waals surface area (Å²) < 4.78 is 5.88. The fraction of sp³-hybridized carbons (Fsp3) is 0.400. The minimum atomic E-state index is -1.37. The van der Waals surface area contributed by atoms with Gasteiger partial charge in [0.1, 0.15) is 0 Å². The van der Waals surface area contributed by atoms with Crippen LogP contribution in [0.5, 0.6) is 0 Å². The molecular formula is C15H21NOSi. The molecule has 0 N–H and O–H groups in total. The van der Waals surface area contributed by atoms with Crippen LogP contribution in [0, 0.1) is 11.3 Å². The molecule has 1 unspecified atom stereocenters. The van der Waals surface area contributed by atoms with Gasteiger partial charge in [0, 0.05) is 0 Å². The maximum Gasteiger partial charge on any atom is 0.181 e. The third kappa shape index (κ3) is 4.87. The van der Waals surface area contributed by atoms with Crippen molar-refractivity contribution in [3.63, 3.8) is 0 Å². The van der Waals surface area contributed by atoms with Gasteiger partial charge in [-0.25, -0.2) is 0 Å². The molecule has 0 saturated carbocycles. The normalized spacial score (nSPS) is 15.3.